The standard InChI is InChI=1S/C22H38O2Si/c1-21-12-10-16(23)14-15(21)6-7-17-18-8-9-20(24-25(3,4)5)22(18,2)13-11-19(17)21/h15,17-20H,6-14H2,1-5H3/t15?,17?,18?,19?,20-,21-,22-/m0/s1. The van der Waals surface area contributed by atoms with Crippen LogP contribution in [0.3, 0.4) is 0 Å². The molecular weight excluding hydrogens is 324 g/mol. The normalized spacial score (nSPS) is 50.1. The van der Waals surface area contributed by atoms with Crippen molar-refractivity contribution in [3.63, 3.8) is 0 Å². The summed E-state index contributed by atoms with van der Waals surface area (Å²) in [4.78, 5) is 12.0. The topological polar surface area (TPSA) is 26.3 Å². The van der Waals surface area contributed by atoms with Gasteiger partial charge in [-0.2, -0.15) is 0 Å². The first-order valence-corrected chi connectivity index (χ1v) is 14.2. The second-order valence-electron chi connectivity index (χ2n) is 11.2. The van der Waals surface area contributed by atoms with Crippen LogP contribution in [0.4, 0.5) is 0 Å². The Hall–Kier alpha value is -0.153. The monoisotopic (exact) mass is 362 g/mol. The van der Waals surface area contributed by atoms with Gasteiger partial charge in [0.2, 0.25) is 0 Å². The molecule has 7 atom stereocenters. The van der Waals surface area contributed by atoms with Gasteiger partial charge in [0.25, 0.3) is 0 Å². The fraction of sp³-hybridized carbons (Fsp3) is 0.955. The van der Waals surface area contributed by atoms with Crippen molar-refractivity contribution < 1.29 is 9.22 Å². The maximum atomic E-state index is 12.0. The lowest BCUT2D eigenvalue weighted by molar-refractivity contribution is -0.141. The SMILES string of the molecule is C[C@]12CCC(=O)CC1CCC1C2CC[C@@]2(C)C1CC[C@@H]2O[Si](C)(C)C. The van der Waals surface area contributed by atoms with E-state index in [0.29, 0.717) is 28.6 Å². The van der Waals surface area contributed by atoms with Gasteiger partial charge >= 0.3 is 0 Å². The quantitative estimate of drug-likeness (QED) is 0.579. The maximum Gasteiger partial charge on any atom is 0.184 e. The van der Waals surface area contributed by atoms with Crippen LogP contribution in [0.2, 0.25) is 19.6 Å². The summed E-state index contributed by atoms with van der Waals surface area (Å²) in [5.41, 5.74) is 0.852. The molecule has 4 unspecified atom stereocenters. The van der Waals surface area contributed by atoms with Crippen molar-refractivity contribution in [2.45, 2.75) is 97.4 Å². The Balaban J connectivity index is 1.57. The molecule has 0 bridgehead atoms. The van der Waals surface area contributed by atoms with E-state index in [0.717, 1.165) is 37.0 Å². The van der Waals surface area contributed by atoms with Gasteiger partial charge in [0, 0.05) is 12.8 Å². The zero-order valence-corrected chi connectivity index (χ0v) is 18.1. The molecule has 142 valence electrons. The van der Waals surface area contributed by atoms with E-state index in [9.17, 15) is 4.79 Å². The predicted octanol–water partition coefficient (Wildman–Crippen LogP) is 5.82. The van der Waals surface area contributed by atoms with Crippen molar-refractivity contribution in [3.05, 3.63) is 0 Å². The Bertz CT molecular complexity index is 553. The molecule has 4 aliphatic rings. The van der Waals surface area contributed by atoms with E-state index in [1.54, 1.807) is 0 Å². The van der Waals surface area contributed by atoms with Gasteiger partial charge in [-0.3, -0.25) is 4.79 Å². The van der Waals surface area contributed by atoms with Gasteiger partial charge in [-0.15, -0.1) is 0 Å². The van der Waals surface area contributed by atoms with Crippen LogP contribution in [0.1, 0.15) is 71.6 Å². The molecule has 0 aromatic rings. The molecule has 0 saturated heterocycles. The van der Waals surface area contributed by atoms with Crippen LogP contribution < -0.4 is 0 Å². The summed E-state index contributed by atoms with van der Waals surface area (Å²) in [6, 6.07) is 0. The molecule has 0 aromatic heterocycles. The second kappa shape index (κ2) is 5.92. The first-order valence-electron chi connectivity index (χ1n) is 10.8. The molecule has 3 heteroatoms. The zero-order valence-electron chi connectivity index (χ0n) is 17.1. The zero-order chi connectivity index (χ0) is 18.0. The summed E-state index contributed by atoms with van der Waals surface area (Å²) in [7, 11) is -1.48. The second-order valence-corrected chi connectivity index (χ2v) is 15.7. The van der Waals surface area contributed by atoms with E-state index in [1.165, 1.54) is 38.5 Å². The first kappa shape index (κ1) is 18.2. The Morgan fingerprint density at radius 1 is 0.920 bits per heavy atom. The van der Waals surface area contributed by atoms with Crippen molar-refractivity contribution in [2.24, 2.45) is 34.5 Å². The third kappa shape index (κ3) is 2.88. The van der Waals surface area contributed by atoms with E-state index in [2.05, 4.69) is 33.5 Å². The molecule has 2 nitrogen and oxygen atoms in total. The number of rotatable bonds is 2. The lowest BCUT2D eigenvalue weighted by Gasteiger charge is -2.60. The minimum absolute atomic E-state index is 0.412. The largest absolute Gasteiger partial charge is 0.414 e. The molecule has 0 heterocycles. The van der Waals surface area contributed by atoms with E-state index in [-0.39, 0.29) is 0 Å². The summed E-state index contributed by atoms with van der Waals surface area (Å²) in [5.74, 6) is 3.83. The van der Waals surface area contributed by atoms with Crippen LogP contribution in [-0.4, -0.2) is 20.2 Å². The van der Waals surface area contributed by atoms with Gasteiger partial charge < -0.3 is 4.43 Å². The van der Waals surface area contributed by atoms with Crippen LogP contribution in [0, 0.1) is 34.5 Å². The fourth-order valence-electron chi connectivity index (χ4n) is 7.62. The van der Waals surface area contributed by atoms with Crippen LogP contribution in [0.15, 0.2) is 0 Å². The van der Waals surface area contributed by atoms with Crippen molar-refractivity contribution in [2.75, 3.05) is 0 Å². The molecule has 4 saturated carbocycles. The molecule has 4 fully saturated rings. The van der Waals surface area contributed by atoms with Crippen LogP contribution in [-0.2, 0) is 9.22 Å². The smallest absolute Gasteiger partial charge is 0.184 e. The molecule has 0 spiro atoms. The van der Waals surface area contributed by atoms with E-state index in [4.69, 9.17) is 4.43 Å². The van der Waals surface area contributed by atoms with E-state index in [1.807, 2.05) is 0 Å². The minimum atomic E-state index is -1.48. The molecule has 4 rings (SSSR count). The Morgan fingerprint density at radius 3 is 2.36 bits per heavy atom. The van der Waals surface area contributed by atoms with Crippen molar-refractivity contribution in [1.82, 2.24) is 0 Å². The van der Waals surface area contributed by atoms with Gasteiger partial charge in [0.15, 0.2) is 8.32 Å². The van der Waals surface area contributed by atoms with Gasteiger partial charge in [0.1, 0.15) is 5.78 Å². The Kier molecular flexibility index (Phi) is 4.32. The number of hydrogen-bond acceptors (Lipinski definition) is 2. The average Bonchev–Trinajstić information content (AvgIpc) is 2.83. The lowest BCUT2D eigenvalue weighted by atomic mass is 9.45. The predicted molar refractivity (Wildman–Crippen MR) is 105 cm³/mol. The number of carbonyl (C=O) groups is 1. The number of Topliss-reactive ketones (excluding diaryl/α,β-unsaturated/α-hetero) is 1. The molecule has 4 aliphatic carbocycles. The van der Waals surface area contributed by atoms with Gasteiger partial charge in [-0.1, -0.05) is 13.8 Å². The highest BCUT2D eigenvalue weighted by molar-refractivity contribution is 6.69. The summed E-state index contributed by atoms with van der Waals surface area (Å²) in [6.45, 7) is 12.2. The highest BCUT2D eigenvalue weighted by atomic mass is 28.4. The maximum absolute atomic E-state index is 12.0. The Morgan fingerprint density at radius 2 is 1.64 bits per heavy atom. The van der Waals surface area contributed by atoms with Crippen molar-refractivity contribution in [3.8, 4) is 0 Å². The van der Waals surface area contributed by atoms with E-state index < -0.39 is 8.32 Å². The highest BCUT2D eigenvalue weighted by Crippen LogP contribution is 2.66. The minimum Gasteiger partial charge on any atom is -0.414 e. The van der Waals surface area contributed by atoms with Gasteiger partial charge in [-0.25, -0.2) is 0 Å². The van der Waals surface area contributed by atoms with Crippen LogP contribution >= 0.6 is 0 Å². The number of fused-ring (bicyclic) bond motifs is 5. The molecule has 0 aromatic carbocycles. The molecule has 0 N–H and O–H groups in total. The third-order valence-electron chi connectivity index (χ3n) is 8.89. The van der Waals surface area contributed by atoms with Gasteiger partial charge in [-0.05, 0) is 99.1 Å². The molecule has 0 aliphatic heterocycles. The van der Waals surface area contributed by atoms with Gasteiger partial charge in [0.05, 0.1) is 6.10 Å². The number of ketones is 1. The molecule has 0 radical (unpaired) electrons. The molecule has 25 heavy (non-hydrogen) atoms. The Labute approximate surface area is 155 Å². The summed E-state index contributed by atoms with van der Waals surface area (Å²) >= 11 is 0. The fourth-order valence-corrected chi connectivity index (χ4v) is 8.86. The lowest BCUT2D eigenvalue weighted by Crippen LogP contribution is -2.54. The van der Waals surface area contributed by atoms with E-state index >= 15 is 0 Å². The number of carbonyl (C=O) groups excluding carboxylic acids is 1. The highest BCUT2D eigenvalue weighted by Gasteiger charge is 2.60. The van der Waals surface area contributed by atoms with Crippen LogP contribution in [0.5, 0.6) is 0 Å². The first-order chi connectivity index (χ1) is 11.6. The molecule has 0 amide bonds. The number of hydrogen-bond donors (Lipinski definition) is 0. The summed E-state index contributed by atoms with van der Waals surface area (Å²) in [5, 5.41) is 0. The van der Waals surface area contributed by atoms with Crippen molar-refractivity contribution >= 4 is 14.1 Å². The van der Waals surface area contributed by atoms with Crippen molar-refractivity contribution in [1.29, 1.82) is 0 Å². The summed E-state index contributed by atoms with van der Waals surface area (Å²) < 4.78 is 6.69. The van der Waals surface area contributed by atoms with Crippen LogP contribution in [0.25, 0.3) is 0 Å². The average molecular weight is 363 g/mol. The molecular formula is C22H38O2Si. The summed E-state index contributed by atoms with van der Waals surface area (Å²) in [6.07, 6.45) is 11.5. The third-order valence-corrected chi connectivity index (χ3v) is 9.88.